The molecule has 0 spiro atoms. The molecule has 11 heavy (non-hydrogen) atoms. The van der Waals surface area contributed by atoms with Crippen molar-refractivity contribution in [1.29, 1.82) is 0 Å². The molecule has 0 heterocycles. The SMILES string of the molecule is CCOCCN(C)S(N)(=O)=O. The molecule has 0 aliphatic carbocycles. The summed E-state index contributed by atoms with van der Waals surface area (Å²) in [5.74, 6) is 0. The van der Waals surface area contributed by atoms with E-state index in [1.165, 1.54) is 7.05 Å². The summed E-state index contributed by atoms with van der Waals surface area (Å²) in [4.78, 5) is 0. The minimum Gasteiger partial charge on any atom is -0.380 e. The van der Waals surface area contributed by atoms with Gasteiger partial charge in [0.2, 0.25) is 0 Å². The summed E-state index contributed by atoms with van der Waals surface area (Å²) < 4.78 is 27.1. The molecule has 0 bridgehead atoms. The van der Waals surface area contributed by atoms with Crippen LogP contribution in [0.5, 0.6) is 0 Å². The number of hydrogen-bond acceptors (Lipinski definition) is 3. The molecule has 2 N–H and O–H groups in total. The molecule has 0 aliphatic heterocycles. The first-order chi connectivity index (χ1) is 4.98. The third kappa shape index (κ3) is 5.14. The summed E-state index contributed by atoms with van der Waals surface area (Å²) in [5, 5.41) is 4.80. The molecule has 0 rings (SSSR count). The van der Waals surface area contributed by atoms with Crippen molar-refractivity contribution >= 4 is 10.2 Å². The van der Waals surface area contributed by atoms with E-state index in [0.717, 1.165) is 4.31 Å². The minimum absolute atomic E-state index is 0.298. The average Bonchev–Trinajstić information content (AvgIpc) is 1.86. The molecule has 0 saturated heterocycles. The van der Waals surface area contributed by atoms with E-state index in [1.54, 1.807) is 0 Å². The first kappa shape index (κ1) is 10.8. The summed E-state index contributed by atoms with van der Waals surface area (Å²) >= 11 is 0. The van der Waals surface area contributed by atoms with E-state index in [9.17, 15) is 8.42 Å². The molecule has 0 aliphatic rings. The number of nitrogens with two attached hydrogens (primary N) is 1. The molecule has 0 fully saturated rings. The molecule has 0 saturated carbocycles. The summed E-state index contributed by atoms with van der Waals surface area (Å²) in [6, 6.07) is 0. The van der Waals surface area contributed by atoms with E-state index in [-0.39, 0.29) is 0 Å². The lowest BCUT2D eigenvalue weighted by Crippen LogP contribution is -2.35. The zero-order valence-electron chi connectivity index (χ0n) is 6.78. The highest BCUT2D eigenvalue weighted by molar-refractivity contribution is 7.86. The minimum atomic E-state index is -3.53. The Morgan fingerprint density at radius 1 is 1.55 bits per heavy atom. The molecule has 6 heteroatoms. The Kier molecular flexibility index (Phi) is 4.58. The van der Waals surface area contributed by atoms with E-state index < -0.39 is 10.2 Å². The molecule has 68 valence electrons. The standard InChI is InChI=1S/C5H14N2O3S/c1-3-10-5-4-7(2)11(6,8)9/h3-5H2,1-2H3,(H2,6,8,9). The third-order valence-electron chi connectivity index (χ3n) is 1.19. The van der Waals surface area contributed by atoms with E-state index in [0.29, 0.717) is 19.8 Å². The highest BCUT2D eigenvalue weighted by Gasteiger charge is 2.09. The summed E-state index contributed by atoms with van der Waals surface area (Å²) in [7, 11) is -2.12. The maximum atomic E-state index is 10.6. The second kappa shape index (κ2) is 4.66. The van der Waals surface area contributed by atoms with Gasteiger partial charge in [-0.15, -0.1) is 0 Å². The van der Waals surface area contributed by atoms with Gasteiger partial charge < -0.3 is 4.74 Å². The normalized spacial score (nSPS) is 12.4. The van der Waals surface area contributed by atoms with Gasteiger partial charge in [-0.1, -0.05) is 0 Å². The van der Waals surface area contributed by atoms with Crippen LogP contribution in [0.2, 0.25) is 0 Å². The quantitative estimate of drug-likeness (QED) is 0.563. The Hall–Kier alpha value is -0.170. The number of likely N-dealkylation sites (N-methyl/N-ethyl adjacent to an activating group) is 1. The van der Waals surface area contributed by atoms with E-state index in [2.05, 4.69) is 0 Å². The fraction of sp³-hybridized carbons (Fsp3) is 1.00. The van der Waals surface area contributed by atoms with Gasteiger partial charge in [-0.25, -0.2) is 5.14 Å². The third-order valence-corrected chi connectivity index (χ3v) is 2.24. The van der Waals surface area contributed by atoms with Crippen LogP contribution in [0.3, 0.4) is 0 Å². The molecule has 0 aromatic heterocycles. The second-order valence-corrected chi connectivity index (χ2v) is 3.72. The Labute approximate surface area is 67.3 Å². The number of rotatable bonds is 5. The van der Waals surface area contributed by atoms with Crippen molar-refractivity contribution in [3.05, 3.63) is 0 Å². The van der Waals surface area contributed by atoms with Crippen molar-refractivity contribution in [3.63, 3.8) is 0 Å². The van der Waals surface area contributed by atoms with E-state index in [1.807, 2.05) is 6.92 Å². The number of ether oxygens (including phenoxy) is 1. The van der Waals surface area contributed by atoms with Crippen LogP contribution in [0, 0.1) is 0 Å². The molecule has 5 nitrogen and oxygen atoms in total. The Morgan fingerprint density at radius 3 is 2.45 bits per heavy atom. The molecule has 0 aromatic carbocycles. The van der Waals surface area contributed by atoms with Crippen molar-refractivity contribution in [1.82, 2.24) is 4.31 Å². The lowest BCUT2D eigenvalue weighted by Gasteiger charge is -2.12. The predicted molar refractivity (Wildman–Crippen MR) is 42.2 cm³/mol. The molecule has 0 aromatic rings. The lowest BCUT2D eigenvalue weighted by atomic mass is 10.7. The Morgan fingerprint density at radius 2 is 2.09 bits per heavy atom. The fourth-order valence-corrected chi connectivity index (χ4v) is 0.794. The van der Waals surface area contributed by atoms with Crippen LogP contribution >= 0.6 is 0 Å². The number of nitrogens with zero attached hydrogens (tertiary/aromatic N) is 1. The maximum Gasteiger partial charge on any atom is 0.276 e. The molecular formula is C5H14N2O3S. The van der Waals surface area contributed by atoms with Crippen LogP contribution < -0.4 is 5.14 Å². The van der Waals surface area contributed by atoms with E-state index in [4.69, 9.17) is 9.88 Å². The van der Waals surface area contributed by atoms with Crippen LogP contribution in [0.25, 0.3) is 0 Å². The van der Waals surface area contributed by atoms with Gasteiger partial charge in [0, 0.05) is 20.2 Å². The van der Waals surface area contributed by atoms with Crippen LogP contribution in [0.1, 0.15) is 6.92 Å². The molecule has 0 atom stereocenters. The lowest BCUT2D eigenvalue weighted by molar-refractivity contribution is 0.138. The van der Waals surface area contributed by atoms with Crippen LogP contribution in [-0.4, -0.2) is 39.5 Å². The smallest absolute Gasteiger partial charge is 0.276 e. The zero-order chi connectivity index (χ0) is 8.91. The topological polar surface area (TPSA) is 72.6 Å². The van der Waals surface area contributed by atoms with Gasteiger partial charge in [-0.2, -0.15) is 12.7 Å². The molecular weight excluding hydrogens is 168 g/mol. The molecule has 0 radical (unpaired) electrons. The fourth-order valence-electron chi connectivity index (χ4n) is 0.465. The van der Waals surface area contributed by atoms with Crippen LogP contribution in [0.4, 0.5) is 0 Å². The summed E-state index contributed by atoms with van der Waals surface area (Å²) in [6.07, 6.45) is 0. The van der Waals surface area contributed by atoms with Crippen molar-refractivity contribution in [2.75, 3.05) is 26.8 Å². The van der Waals surface area contributed by atoms with Gasteiger partial charge in [0.1, 0.15) is 0 Å². The molecule has 0 amide bonds. The maximum absolute atomic E-state index is 10.6. The van der Waals surface area contributed by atoms with Gasteiger partial charge >= 0.3 is 0 Å². The van der Waals surface area contributed by atoms with Gasteiger partial charge in [0.15, 0.2) is 0 Å². The highest BCUT2D eigenvalue weighted by Crippen LogP contribution is 1.87. The van der Waals surface area contributed by atoms with Gasteiger partial charge in [0.25, 0.3) is 10.2 Å². The monoisotopic (exact) mass is 182 g/mol. The van der Waals surface area contributed by atoms with Crippen molar-refractivity contribution in [2.45, 2.75) is 6.92 Å². The summed E-state index contributed by atoms with van der Waals surface area (Å²) in [6.45, 7) is 3.10. The van der Waals surface area contributed by atoms with Gasteiger partial charge in [0.05, 0.1) is 6.61 Å². The highest BCUT2D eigenvalue weighted by atomic mass is 32.2. The zero-order valence-corrected chi connectivity index (χ0v) is 7.60. The number of hydrogen-bond donors (Lipinski definition) is 1. The van der Waals surface area contributed by atoms with Crippen molar-refractivity contribution < 1.29 is 13.2 Å². The largest absolute Gasteiger partial charge is 0.380 e. The van der Waals surface area contributed by atoms with Crippen molar-refractivity contribution in [3.8, 4) is 0 Å². The average molecular weight is 182 g/mol. The van der Waals surface area contributed by atoms with Crippen LogP contribution in [0.15, 0.2) is 0 Å². The second-order valence-electron chi connectivity index (χ2n) is 2.06. The Balaban J connectivity index is 3.62. The first-order valence-corrected chi connectivity index (χ1v) is 4.80. The molecule has 0 unspecified atom stereocenters. The first-order valence-electron chi connectivity index (χ1n) is 3.30. The van der Waals surface area contributed by atoms with Crippen LogP contribution in [-0.2, 0) is 14.9 Å². The predicted octanol–water partition coefficient (Wildman–Crippen LogP) is -0.842. The van der Waals surface area contributed by atoms with Gasteiger partial charge in [-0.3, -0.25) is 0 Å². The van der Waals surface area contributed by atoms with Gasteiger partial charge in [-0.05, 0) is 6.92 Å². The van der Waals surface area contributed by atoms with E-state index >= 15 is 0 Å². The van der Waals surface area contributed by atoms with Crippen molar-refractivity contribution in [2.24, 2.45) is 5.14 Å². The Bertz CT molecular complexity index is 190. The summed E-state index contributed by atoms with van der Waals surface area (Å²) in [5.41, 5.74) is 0.